The Labute approximate surface area is 91.0 Å². The van der Waals surface area contributed by atoms with E-state index in [0.717, 1.165) is 13.0 Å². The first-order chi connectivity index (χ1) is 7.17. The predicted octanol–water partition coefficient (Wildman–Crippen LogP) is 0.566. The summed E-state index contributed by atoms with van der Waals surface area (Å²) in [6.45, 7) is 5.85. The lowest BCUT2D eigenvalue weighted by Crippen LogP contribution is -2.42. The van der Waals surface area contributed by atoms with Crippen LogP contribution in [-0.4, -0.2) is 42.3 Å². The maximum Gasteiger partial charge on any atom is 0.234 e. The number of amides is 1. The average Bonchev–Trinajstić information content (AvgIpc) is 2.61. The third kappa shape index (κ3) is 3.63. The lowest BCUT2D eigenvalue weighted by Gasteiger charge is -2.25. The van der Waals surface area contributed by atoms with Gasteiger partial charge in [0.15, 0.2) is 0 Å². The summed E-state index contributed by atoms with van der Waals surface area (Å²) in [7, 11) is 0. The van der Waals surface area contributed by atoms with Crippen LogP contribution in [0.15, 0.2) is 0 Å². The van der Waals surface area contributed by atoms with E-state index in [9.17, 15) is 9.59 Å². The number of carbonyl (C=O) groups is 2. The number of hydrogen-bond acceptors (Lipinski definition) is 3. The van der Waals surface area contributed by atoms with E-state index >= 15 is 0 Å². The zero-order valence-corrected chi connectivity index (χ0v) is 9.58. The van der Waals surface area contributed by atoms with Gasteiger partial charge in [-0.3, -0.25) is 14.5 Å². The Hall–Kier alpha value is -0.900. The van der Waals surface area contributed by atoms with Gasteiger partial charge in [-0.05, 0) is 19.9 Å². The third-order valence-electron chi connectivity index (χ3n) is 2.86. The highest BCUT2D eigenvalue weighted by atomic mass is 16.2. The monoisotopic (exact) mass is 212 g/mol. The smallest absolute Gasteiger partial charge is 0.234 e. The molecule has 0 radical (unpaired) electrons. The molecule has 0 bridgehead atoms. The van der Waals surface area contributed by atoms with Crippen LogP contribution in [0, 0.1) is 0 Å². The number of nitrogens with one attached hydrogen (secondary N) is 1. The van der Waals surface area contributed by atoms with Gasteiger partial charge in [0.05, 0.1) is 6.54 Å². The number of Topliss-reactive ketones (excluding diaryl/α,β-unsaturated/α-hetero) is 1. The summed E-state index contributed by atoms with van der Waals surface area (Å²) in [6.07, 6.45) is 2.20. The summed E-state index contributed by atoms with van der Waals surface area (Å²) in [6, 6.07) is 0.283. The van der Waals surface area contributed by atoms with Crippen molar-refractivity contribution >= 4 is 11.7 Å². The van der Waals surface area contributed by atoms with Gasteiger partial charge in [-0.1, -0.05) is 6.92 Å². The first-order valence-electron chi connectivity index (χ1n) is 5.69. The van der Waals surface area contributed by atoms with Crippen molar-refractivity contribution in [3.8, 4) is 0 Å². The predicted molar refractivity (Wildman–Crippen MR) is 58.6 cm³/mol. The van der Waals surface area contributed by atoms with Crippen LogP contribution in [0.25, 0.3) is 0 Å². The molecule has 0 spiro atoms. The number of ketones is 1. The van der Waals surface area contributed by atoms with Gasteiger partial charge in [0, 0.05) is 25.4 Å². The number of carbonyl (C=O) groups excluding carboxylic acids is 2. The van der Waals surface area contributed by atoms with Crippen molar-refractivity contribution in [2.75, 3.05) is 19.6 Å². The van der Waals surface area contributed by atoms with Crippen molar-refractivity contribution in [3.05, 3.63) is 0 Å². The highest BCUT2D eigenvalue weighted by Gasteiger charge is 2.27. The molecule has 15 heavy (non-hydrogen) atoms. The molecule has 1 saturated carbocycles. The second-order valence-electron chi connectivity index (χ2n) is 3.95. The number of hydrogen-bond donors (Lipinski definition) is 1. The normalized spacial score (nSPS) is 21.0. The minimum Gasteiger partial charge on any atom is -0.355 e. The molecular formula is C11H20N2O2. The van der Waals surface area contributed by atoms with Gasteiger partial charge >= 0.3 is 0 Å². The fraction of sp³-hybridized carbons (Fsp3) is 0.818. The maximum atomic E-state index is 11.4. The summed E-state index contributed by atoms with van der Waals surface area (Å²) in [5, 5.41) is 2.78. The molecule has 0 saturated heterocycles. The average molecular weight is 212 g/mol. The van der Waals surface area contributed by atoms with Crippen molar-refractivity contribution in [1.82, 2.24) is 10.2 Å². The second-order valence-corrected chi connectivity index (χ2v) is 3.95. The van der Waals surface area contributed by atoms with E-state index in [1.165, 1.54) is 0 Å². The van der Waals surface area contributed by atoms with E-state index in [1.807, 2.05) is 13.8 Å². The number of likely N-dealkylation sites (N-methyl/N-ethyl adjacent to an activating group) is 2. The van der Waals surface area contributed by atoms with Crippen molar-refractivity contribution < 1.29 is 9.59 Å². The second kappa shape index (κ2) is 5.85. The molecular weight excluding hydrogens is 192 g/mol. The van der Waals surface area contributed by atoms with E-state index in [0.29, 0.717) is 31.7 Å². The van der Waals surface area contributed by atoms with E-state index in [1.54, 1.807) is 0 Å². The molecule has 4 nitrogen and oxygen atoms in total. The van der Waals surface area contributed by atoms with Gasteiger partial charge in [-0.2, -0.15) is 0 Å². The molecule has 86 valence electrons. The molecule has 1 aliphatic rings. The maximum absolute atomic E-state index is 11.4. The van der Waals surface area contributed by atoms with Crippen molar-refractivity contribution in [1.29, 1.82) is 0 Å². The van der Waals surface area contributed by atoms with E-state index in [4.69, 9.17) is 0 Å². The standard InChI is InChI=1S/C11H20N2O2/c1-3-12-11(15)8-13(4-2)9-5-6-10(14)7-9/h9H,3-8H2,1-2H3,(H,12,15). The van der Waals surface area contributed by atoms with Crippen molar-refractivity contribution in [2.45, 2.75) is 39.2 Å². The number of nitrogens with zero attached hydrogens (tertiary/aromatic N) is 1. The van der Waals surface area contributed by atoms with Crippen LogP contribution in [0.3, 0.4) is 0 Å². The summed E-state index contributed by atoms with van der Waals surface area (Å²) >= 11 is 0. The molecule has 0 aromatic heterocycles. The van der Waals surface area contributed by atoms with Gasteiger partial charge < -0.3 is 5.32 Å². The van der Waals surface area contributed by atoms with Gasteiger partial charge in [0.2, 0.25) is 5.91 Å². The topological polar surface area (TPSA) is 49.4 Å². The molecule has 1 aliphatic carbocycles. The molecule has 1 fully saturated rings. The Morgan fingerprint density at radius 1 is 1.53 bits per heavy atom. The van der Waals surface area contributed by atoms with Gasteiger partial charge in [-0.15, -0.1) is 0 Å². The summed E-state index contributed by atoms with van der Waals surface area (Å²) in [5.74, 6) is 0.382. The molecule has 1 atom stereocenters. The molecule has 1 amide bonds. The van der Waals surface area contributed by atoms with Crippen molar-refractivity contribution in [2.24, 2.45) is 0 Å². The fourth-order valence-electron chi connectivity index (χ4n) is 2.04. The molecule has 0 heterocycles. The van der Waals surface area contributed by atoms with Crippen LogP contribution in [0.2, 0.25) is 0 Å². The highest BCUT2D eigenvalue weighted by molar-refractivity contribution is 5.82. The Morgan fingerprint density at radius 3 is 2.73 bits per heavy atom. The molecule has 1 unspecified atom stereocenters. The van der Waals surface area contributed by atoms with E-state index in [-0.39, 0.29) is 11.9 Å². The van der Waals surface area contributed by atoms with Crippen LogP contribution in [0.4, 0.5) is 0 Å². The lowest BCUT2D eigenvalue weighted by atomic mass is 10.2. The Kier molecular flexibility index (Phi) is 4.75. The molecule has 4 heteroatoms. The number of rotatable bonds is 5. The quantitative estimate of drug-likeness (QED) is 0.724. The molecule has 1 N–H and O–H groups in total. The zero-order chi connectivity index (χ0) is 11.3. The highest BCUT2D eigenvalue weighted by Crippen LogP contribution is 2.20. The Bertz CT molecular complexity index is 241. The first kappa shape index (κ1) is 12.2. The van der Waals surface area contributed by atoms with Gasteiger partial charge in [0.1, 0.15) is 5.78 Å². The fourth-order valence-corrected chi connectivity index (χ4v) is 2.04. The summed E-state index contributed by atoms with van der Waals surface area (Å²) in [5.41, 5.74) is 0. The van der Waals surface area contributed by atoms with Gasteiger partial charge in [-0.25, -0.2) is 0 Å². The van der Waals surface area contributed by atoms with Crippen LogP contribution in [0.5, 0.6) is 0 Å². The summed E-state index contributed by atoms with van der Waals surface area (Å²) < 4.78 is 0. The van der Waals surface area contributed by atoms with Crippen LogP contribution >= 0.6 is 0 Å². The molecule has 0 aliphatic heterocycles. The SMILES string of the molecule is CCNC(=O)CN(CC)C1CCC(=O)C1. The molecule has 1 rings (SSSR count). The first-order valence-corrected chi connectivity index (χ1v) is 5.69. The largest absolute Gasteiger partial charge is 0.355 e. The lowest BCUT2D eigenvalue weighted by molar-refractivity contribution is -0.123. The Morgan fingerprint density at radius 2 is 2.27 bits per heavy atom. The third-order valence-corrected chi connectivity index (χ3v) is 2.86. The van der Waals surface area contributed by atoms with E-state index in [2.05, 4.69) is 10.2 Å². The zero-order valence-electron chi connectivity index (χ0n) is 9.58. The van der Waals surface area contributed by atoms with Crippen LogP contribution < -0.4 is 5.32 Å². The molecule has 0 aromatic carbocycles. The van der Waals surface area contributed by atoms with E-state index < -0.39 is 0 Å². The summed E-state index contributed by atoms with van der Waals surface area (Å²) in [4.78, 5) is 24.7. The van der Waals surface area contributed by atoms with Crippen LogP contribution in [-0.2, 0) is 9.59 Å². The Balaban J connectivity index is 2.41. The minimum absolute atomic E-state index is 0.0544. The van der Waals surface area contributed by atoms with Crippen LogP contribution in [0.1, 0.15) is 33.1 Å². The minimum atomic E-state index is 0.0544. The van der Waals surface area contributed by atoms with Gasteiger partial charge in [0.25, 0.3) is 0 Å². The molecule has 0 aromatic rings. The van der Waals surface area contributed by atoms with Crippen molar-refractivity contribution in [3.63, 3.8) is 0 Å².